The Morgan fingerprint density at radius 3 is 2.44 bits per heavy atom. The number of ether oxygens (including phenoxy) is 1. The number of primary amides is 1. The molecule has 0 fully saturated rings. The number of nitrogens with one attached hydrogen (secondary N) is 1. The second-order valence-corrected chi connectivity index (χ2v) is 3.57. The van der Waals surface area contributed by atoms with Gasteiger partial charge in [-0.15, -0.1) is 0 Å². The smallest absolute Gasteiger partial charge is 0.243 e. The zero-order chi connectivity index (χ0) is 13.5. The summed E-state index contributed by atoms with van der Waals surface area (Å²) in [5.74, 6) is -4.50. The lowest BCUT2D eigenvalue weighted by molar-refractivity contribution is -0.122. The molecule has 0 aliphatic carbocycles. The molecule has 0 heterocycles. The van der Waals surface area contributed by atoms with Gasteiger partial charge >= 0.3 is 0 Å². The summed E-state index contributed by atoms with van der Waals surface area (Å²) in [6.45, 7) is 0.582. The predicted molar refractivity (Wildman–Crippen MR) is 58.0 cm³/mol. The Morgan fingerprint density at radius 1 is 1.28 bits per heavy atom. The predicted octanol–water partition coefficient (Wildman–Crippen LogP) is 0.695. The van der Waals surface area contributed by atoms with Gasteiger partial charge in [0.15, 0.2) is 17.5 Å². The van der Waals surface area contributed by atoms with E-state index in [4.69, 9.17) is 10.5 Å². The second kappa shape index (κ2) is 6.97. The number of hydrogen-bond acceptors (Lipinski definition) is 3. The molecule has 4 nitrogen and oxygen atoms in total. The van der Waals surface area contributed by atoms with Crippen molar-refractivity contribution in [2.45, 2.75) is 6.54 Å². The van der Waals surface area contributed by atoms with Crippen molar-refractivity contribution in [3.8, 4) is 0 Å². The molecule has 0 aliphatic heterocycles. The Balaban J connectivity index is 2.29. The van der Waals surface area contributed by atoms with Crippen LogP contribution in [0.1, 0.15) is 5.56 Å². The summed E-state index contributed by atoms with van der Waals surface area (Å²) in [6.07, 6.45) is 0. The van der Waals surface area contributed by atoms with Gasteiger partial charge in [-0.05, 0) is 17.7 Å². The van der Waals surface area contributed by atoms with Gasteiger partial charge in [-0.1, -0.05) is 0 Å². The molecule has 3 N–H and O–H groups in total. The fraction of sp³-hybridized carbons (Fsp3) is 0.364. The molecule has 0 atom stereocenters. The maximum atomic E-state index is 12.8. The van der Waals surface area contributed by atoms with Crippen molar-refractivity contribution < 1.29 is 22.7 Å². The van der Waals surface area contributed by atoms with E-state index >= 15 is 0 Å². The van der Waals surface area contributed by atoms with Crippen LogP contribution in [0.4, 0.5) is 13.2 Å². The Bertz CT molecular complexity index is 404. The first-order chi connectivity index (χ1) is 8.50. The van der Waals surface area contributed by atoms with E-state index in [1.807, 2.05) is 0 Å². The minimum Gasteiger partial charge on any atom is -0.370 e. The third-order valence-corrected chi connectivity index (χ3v) is 2.04. The first kappa shape index (κ1) is 14.5. The molecule has 100 valence electrons. The lowest BCUT2D eigenvalue weighted by Crippen LogP contribution is -2.23. The largest absolute Gasteiger partial charge is 0.370 e. The van der Waals surface area contributed by atoms with Crippen molar-refractivity contribution >= 4 is 5.91 Å². The van der Waals surface area contributed by atoms with Gasteiger partial charge in [0.1, 0.15) is 6.61 Å². The Kier molecular flexibility index (Phi) is 5.60. The summed E-state index contributed by atoms with van der Waals surface area (Å²) >= 11 is 0. The molecule has 0 radical (unpaired) electrons. The number of rotatable bonds is 7. The van der Waals surface area contributed by atoms with E-state index in [0.717, 1.165) is 12.1 Å². The molecule has 1 aromatic rings. The number of carbonyl (C=O) groups is 1. The molecule has 1 aromatic carbocycles. The van der Waals surface area contributed by atoms with E-state index in [2.05, 4.69) is 5.32 Å². The third kappa shape index (κ3) is 4.72. The van der Waals surface area contributed by atoms with Crippen molar-refractivity contribution in [3.05, 3.63) is 35.1 Å². The zero-order valence-corrected chi connectivity index (χ0v) is 9.51. The minimum atomic E-state index is -1.48. The highest BCUT2D eigenvalue weighted by Crippen LogP contribution is 2.13. The zero-order valence-electron chi connectivity index (χ0n) is 9.51. The summed E-state index contributed by atoms with van der Waals surface area (Å²) in [6, 6.07) is 1.82. The van der Waals surface area contributed by atoms with Crippen LogP contribution in [0.25, 0.3) is 0 Å². The number of halogens is 3. The SMILES string of the molecule is NC(=O)COCCNCc1cc(F)c(F)c(F)c1. The van der Waals surface area contributed by atoms with E-state index < -0.39 is 23.4 Å². The summed E-state index contributed by atoms with van der Waals surface area (Å²) in [5.41, 5.74) is 5.12. The van der Waals surface area contributed by atoms with Crippen LogP contribution >= 0.6 is 0 Å². The molecule has 0 spiro atoms. The van der Waals surface area contributed by atoms with Gasteiger partial charge in [0, 0.05) is 13.1 Å². The van der Waals surface area contributed by atoms with Crippen molar-refractivity contribution in [2.24, 2.45) is 5.73 Å². The van der Waals surface area contributed by atoms with Gasteiger partial charge in [-0.25, -0.2) is 13.2 Å². The van der Waals surface area contributed by atoms with Crippen molar-refractivity contribution in [1.82, 2.24) is 5.32 Å². The van der Waals surface area contributed by atoms with Crippen LogP contribution in [0, 0.1) is 17.5 Å². The average molecular weight is 262 g/mol. The minimum absolute atomic E-state index is 0.161. The highest BCUT2D eigenvalue weighted by atomic mass is 19.2. The summed E-state index contributed by atoms with van der Waals surface area (Å²) < 4.78 is 43.2. The molecule has 7 heteroatoms. The van der Waals surface area contributed by atoms with E-state index in [9.17, 15) is 18.0 Å². The van der Waals surface area contributed by atoms with Crippen molar-refractivity contribution in [1.29, 1.82) is 0 Å². The molecule has 0 aliphatic rings. The van der Waals surface area contributed by atoms with E-state index in [1.165, 1.54) is 0 Å². The van der Waals surface area contributed by atoms with Crippen LogP contribution in [-0.4, -0.2) is 25.7 Å². The van der Waals surface area contributed by atoms with E-state index in [1.54, 1.807) is 0 Å². The standard InChI is InChI=1S/C11H13F3N2O2/c12-8-3-7(4-9(13)11(8)14)5-16-1-2-18-6-10(15)17/h3-4,16H,1-2,5-6H2,(H2,15,17). The first-order valence-electron chi connectivity index (χ1n) is 5.21. The number of benzene rings is 1. The molecular formula is C11H13F3N2O2. The van der Waals surface area contributed by atoms with Crippen molar-refractivity contribution in [3.63, 3.8) is 0 Å². The van der Waals surface area contributed by atoms with Crippen LogP contribution in [-0.2, 0) is 16.1 Å². The maximum Gasteiger partial charge on any atom is 0.243 e. The summed E-state index contributed by atoms with van der Waals surface area (Å²) in [4.78, 5) is 10.3. The normalized spacial score (nSPS) is 10.6. The van der Waals surface area contributed by atoms with Gasteiger partial charge in [0.2, 0.25) is 5.91 Å². The van der Waals surface area contributed by atoms with E-state index in [0.29, 0.717) is 6.54 Å². The quantitative estimate of drug-likeness (QED) is 0.561. The molecule has 0 saturated carbocycles. The number of carbonyl (C=O) groups excluding carboxylic acids is 1. The van der Waals surface area contributed by atoms with Crippen LogP contribution in [0.15, 0.2) is 12.1 Å². The summed E-state index contributed by atoms with van der Waals surface area (Å²) in [5, 5.41) is 2.82. The van der Waals surface area contributed by atoms with Crippen molar-refractivity contribution in [2.75, 3.05) is 19.8 Å². The molecule has 0 bridgehead atoms. The molecule has 0 aromatic heterocycles. The Labute approximate surface area is 102 Å². The molecule has 0 unspecified atom stereocenters. The van der Waals surface area contributed by atoms with Gasteiger partial charge < -0.3 is 15.8 Å². The fourth-order valence-corrected chi connectivity index (χ4v) is 1.26. The van der Waals surface area contributed by atoms with Gasteiger partial charge in [0.25, 0.3) is 0 Å². The Hall–Kier alpha value is -1.60. The average Bonchev–Trinajstić information content (AvgIpc) is 2.30. The molecular weight excluding hydrogens is 249 g/mol. The number of amides is 1. The highest BCUT2D eigenvalue weighted by Gasteiger charge is 2.09. The number of hydrogen-bond donors (Lipinski definition) is 2. The van der Waals surface area contributed by atoms with E-state index in [-0.39, 0.29) is 25.3 Å². The fourth-order valence-electron chi connectivity index (χ4n) is 1.26. The van der Waals surface area contributed by atoms with Crippen LogP contribution in [0.3, 0.4) is 0 Å². The molecule has 0 saturated heterocycles. The topological polar surface area (TPSA) is 64.4 Å². The van der Waals surface area contributed by atoms with Gasteiger partial charge in [-0.3, -0.25) is 4.79 Å². The van der Waals surface area contributed by atoms with Crippen LogP contribution in [0.2, 0.25) is 0 Å². The highest BCUT2D eigenvalue weighted by molar-refractivity contribution is 5.74. The monoisotopic (exact) mass is 262 g/mol. The first-order valence-corrected chi connectivity index (χ1v) is 5.21. The molecule has 18 heavy (non-hydrogen) atoms. The third-order valence-electron chi connectivity index (χ3n) is 2.04. The Morgan fingerprint density at radius 2 is 1.89 bits per heavy atom. The molecule has 1 amide bonds. The second-order valence-electron chi connectivity index (χ2n) is 3.57. The number of nitrogens with two attached hydrogens (primary N) is 1. The van der Waals surface area contributed by atoms with Crippen LogP contribution < -0.4 is 11.1 Å². The van der Waals surface area contributed by atoms with Gasteiger partial charge in [-0.2, -0.15) is 0 Å². The lowest BCUT2D eigenvalue weighted by Gasteiger charge is -2.06. The van der Waals surface area contributed by atoms with Crippen LogP contribution in [0.5, 0.6) is 0 Å². The maximum absolute atomic E-state index is 12.8. The summed E-state index contributed by atoms with van der Waals surface area (Å²) in [7, 11) is 0. The lowest BCUT2D eigenvalue weighted by atomic mass is 10.2. The van der Waals surface area contributed by atoms with Gasteiger partial charge in [0.05, 0.1) is 6.61 Å². The molecule has 1 rings (SSSR count).